The summed E-state index contributed by atoms with van der Waals surface area (Å²) < 4.78 is 7.48. The first-order valence-electron chi connectivity index (χ1n) is 9.01. The summed E-state index contributed by atoms with van der Waals surface area (Å²) >= 11 is 0. The number of hydrogen-bond acceptors (Lipinski definition) is 4. The van der Waals surface area contributed by atoms with Crippen molar-refractivity contribution in [2.45, 2.75) is 25.7 Å². The van der Waals surface area contributed by atoms with Crippen LogP contribution < -0.4 is 9.64 Å². The van der Waals surface area contributed by atoms with E-state index in [9.17, 15) is 4.79 Å². The average molecular weight is 348 g/mol. The van der Waals surface area contributed by atoms with Crippen LogP contribution in [-0.2, 0) is 7.05 Å². The minimum Gasteiger partial charge on any atom is -0.490 e. The maximum absolute atomic E-state index is 13.5. The van der Waals surface area contributed by atoms with Crippen LogP contribution in [0.5, 0.6) is 5.75 Å². The fourth-order valence-corrected chi connectivity index (χ4v) is 3.75. The molecule has 6 heteroatoms. The Kier molecular flexibility index (Phi) is 3.29. The molecular weight excluding hydrogens is 328 g/mol. The van der Waals surface area contributed by atoms with E-state index in [1.807, 2.05) is 49.2 Å². The fraction of sp³-hybridized carbons (Fsp3) is 0.350. The van der Waals surface area contributed by atoms with Crippen molar-refractivity contribution >= 4 is 22.6 Å². The fourth-order valence-electron chi connectivity index (χ4n) is 3.75. The molecule has 0 bridgehead atoms. The van der Waals surface area contributed by atoms with Crippen LogP contribution in [-0.4, -0.2) is 33.8 Å². The highest BCUT2D eigenvalue weighted by Gasteiger charge is 2.31. The zero-order valence-electron chi connectivity index (χ0n) is 14.9. The third-order valence-electron chi connectivity index (χ3n) is 5.19. The van der Waals surface area contributed by atoms with Crippen LogP contribution in [0, 0.1) is 6.92 Å². The summed E-state index contributed by atoms with van der Waals surface area (Å²) in [5, 5.41) is 5.35. The van der Waals surface area contributed by atoms with Crippen LogP contribution in [0.4, 0.5) is 5.69 Å². The number of anilines is 1. The standard InChI is InChI=1S/C20H20N4O2/c1-12-18-14(11-15(13-7-8-13)21-19(18)23(2)22-12)20(25)24-9-10-26-17-6-4-3-5-16(17)24/h3-6,11,13H,7-10H2,1-2H3. The van der Waals surface area contributed by atoms with Gasteiger partial charge in [-0.2, -0.15) is 5.10 Å². The first-order valence-corrected chi connectivity index (χ1v) is 9.01. The number of pyridine rings is 1. The molecule has 26 heavy (non-hydrogen) atoms. The van der Waals surface area contributed by atoms with Crippen LogP contribution in [0.1, 0.15) is 40.5 Å². The zero-order chi connectivity index (χ0) is 17.8. The monoisotopic (exact) mass is 348 g/mol. The molecule has 3 heterocycles. The number of fused-ring (bicyclic) bond motifs is 2. The lowest BCUT2D eigenvalue weighted by Crippen LogP contribution is -2.38. The maximum atomic E-state index is 13.5. The van der Waals surface area contributed by atoms with Gasteiger partial charge in [-0.15, -0.1) is 0 Å². The Morgan fingerprint density at radius 2 is 2.08 bits per heavy atom. The lowest BCUT2D eigenvalue weighted by atomic mass is 10.1. The molecule has 0 atom stereocenters. The van der Waals surface area contributed by atoms with Gasteiger partial charge in [0.1, 0.15) is 12.4 Å². The molecule has 5 rings (SSSR count). The summed E-state index contributed by atoms with van der Waals surface area (Å²) in [7, 11) is 1.89. The predicted molar refractivity (Wildman–Crippen MR) is 98.8 cm³/mol. The second-order valence-corrected chi connectivity index (χ2v) is 7.05. The van der Waals surface area contributed by atoms with E-state index in [0.29, 0.717) is 24.6 Å². The van der Waals surface area contributed by atoms with E-state index in [1.165, 1.54) is 0 Å². The minimum absolute atomic E-state index is 0.00819. The third-order valence-corrected chi connectivity index (χ3v) is 5.19. The van der Waals surface area contributed by atoms with Crippen molar-refractivity contribution in [3.05, 3.63) is 47.3 Å². The van der Waals surface area contributed by atoms with Gasteiger partial charge in [-0.05, 0) is 38.0 Å². The van der Waals surface area contributed by atoms with E-state index in [2.05, 4.69) is 5.10 Å². The van der Waals surface area contributed by atoms with E-state index >= 15 is 0 Å². The number of rotatable bonds is 2. The molecule has 1 fully saturated rings. The average Bonchev–Trinajstić information content (AvgIpc) is 3.47. The second-order valence-electron chi connectivity index (χ2n) is 7.05. The van der Waals surface area contributed by atoms with Crippen molar-refractivity contribution in [3.63, 3.8) is 0 Å². The number of benzene rings is 1. The van der Waals surface area contributed by atoms with Gasteiger partial charge in [0.15, 0.2) is 5.65 Å². The van der Waals surface area contributed by atoms with Gasteiger partial charge in [0.2, 0.25) is 0 Å². The molecule has 1 aromatic carbocycles. The van der Waals surface area contributed by atoms with Crippen LogP contribution in [0.2, 0.25) is 0 Å². The quantitative estimate of drug-likeness (QED) is 0.714. The molecule has 1 aliphatic heterocycles. The Balaban J connectivity index is 1.68. The smallest absolute Gasteiger partial charge is 0.259 e. The molecule has 6 nitrogen and oxygen atoms in total. The third kappa shape index (κ3) is 2.29. The van der Waals surface area contributed by atoms with E-state index in [0.717, 1.165) is 46.7 Å². The zero-order valence-corrected chi connectivity index (χ0v) is 14.9. The van der Waals surface area contributed by atoms with Crippen molar-refractivity contribution in [2.24, 2.45) is 7.05 Å². The molecule has 0 unspecified atom stereocenters. The lowest BCUT2D eigenvalue weighted by molar-refractivity contribution is 0.0978. The molecule has 1 saturated carbocycles. The molecule has 2 aliphatic rings. The Morgan fingerprint density at radius 1 is 1.27 bits per heavy atom. The number of ether oxygens (including phenoxy) is 1. The van der Waals surface area contributed by atoms with Gasteiger partial charge in [0.05, 0.1) is 28.9 Å². The molecule has 1 aliphatic carbocycles. The topological polar surface area (TPSA) is 60.2 Å². The second kappa shape index (κ2) is 5.56. The summed E-state index contributed by atoms with van der Waals surface area (Å²) in [6, 6.07) is 9.68. The van der Waals surface area contributed by atoms with E-state index in [1.54, 1.807) is 4.68 Å². The summed E-state index contributed by atoms with van der Waals surface area (Å²) in [5.74, 6) is 1.21. The molecule has 0 radical (unpaired) electrons. The van der Waals surface area contributed by atoms with Crippen molar-refractivity contribution in [3.8, 4) is 5.75 Å². The van der Waals surface area contributed by atoms with Crippen molar-refractivity contribution in [1.29, 1.82) is 0 Å². The van der Waals surface area contributed by atoms with Crippen molar-refractivity contribution < 1.29 is 9.53 Å². The molecular formula is C20H20N4O2. The van der Waals surface area contributed by atoms with Gasteiger partial charge in [-0.3, -0.25) is 9.48 Å². The molecule has 132 valence electrons. The summed E-state index contributed by atoms with van der Waals surface area (Å²) in [6.45, 7) is 2.97. The highest BCUT2D eigenvalue weighted by atomic mass is 16.5. The number of aromatic nitrogens is 3. The predicted octanol–water partition coefficient (Wildman–Crippen LogP) is 3.19. The Morgan fingerprint density at radius 3 is 2.88 bits per heavy atom. The minimum atomic E-state index is -0.00819. The van der Waals surface area contributed by atoms with Crippen LogP contribution in [0.25, 0.3) is 11.0 Å². The number of hydrogen-bond donors (Lipinski definition) is 0. The molecule has 1 amide bonds. The van der Waals surface area contributed by atoms with Crippen LogP contribution in [0.3, 0.4) is 0 Å². The van der Waals surface area contributed by atoms with Crippen LogP contribution in [0.15, 0.2) is 30.3 Å². The van der Waals surface area contributed by atoms with Crippen molar-refractivity contribution in [1.82, 2.24) is 14.8 Å². The summed E-state index contributed by atoms with van der Waals surface area (Å²) in [4.78, 5) is 20.2. The highest BCUT2D eigenvalue weighted by molar-refractivity contribution is 6.14. The largest absolute Gasteiger partial charge is 0.490 e. The Labute approximate surface area is 151 Å². The van der Waals surface area contributed by atoms with Gasteiger partial charge >= 0.3 is 0 Å². The normalized spacial score (nSPS) is 16.5. The van der Waals surface area contributed by atoms with Gasteiger partial charge in [0, 0.05) is 18.7 Å². The van der Waals surface area contributed by atoms with Gasteiger partial charge in [-0.25, -0.2) is 4.98 Å². The first-order chi connectivity index (χ1) is 12.6. The number of carbonyl (C=O) groups is 1. The van der Waals surface area contributed by atoms with Gasteiger partial charge < -0.3 is 9.64 Å². The summed E-state index contributed by atoms with van der Waals surface area (Å²) in [5.41, 5.74) is 4.15. The molecule has 2 aromatic heterocycles. The highest BCUT2D eigenvalue weighted by Crippen LogP contribution is 2.41. The SMILES string of the molecule is Cc1nn(C)c2nc(C3CC3)cc(C(=O)N3CCOc4ccccc43)c12. The Hall–Kier alpha value is -2.89. The Bertz CT molecular complexity index is 1040. The molecule has 0 saturated heterocycles. The van der Waals surface area contributed by atoms with E-state index < -0.39 is 0 Å². The first kappa shape index (κ1) is 15.4. The maximum Gasteiger partial charge on any atom is 0.259 e. The molecule has 0 spiro atoms. The number of carbonyl (C=O) groups excluding carboxylic acids is 1. The number of nitrogens with zero attached hydrogens (tertiary/aromatic N) is 4. The molecule has 3 aromatic rings. The van der Waals surface area contributed by atoms with E-state index in [4.69, 9.17) is 9.72 Å². The van der Waals surface area contributed by atoms with Gasteiger partial charge in [0.25, 0.3) is 5.91 Å². The lowest BCUT2D eigenvalue weighted by Gasteiger charge is -2.29. The van der Waals surface area contributed by atoms with E-state index in [-0.39, 0.29) is 5.91 Å². The summed E-state index contributed by atoms with van der Waals surface area (Å²) in [6.07, 6.45) is 2.28. The van der Waals surface area contributed by atoms with Crippen LogP contribution >= 0.6 is 0 Å². The van der Waals surface area contributed by atoms with Crippen molar-refractivity contribution in [2.75, 3.05) is 18.1 Å². The number of para-hydroxylation sites is 2. The molecule has 0 N–H and O–H groups in total. The number of aryl methyl sites for hydroxylation is 2. The number of amides is 1. The van der Waals surface area contributed by atoms with Gasteiger partial charge in [-0.1, -0.05) is 12.1 Å².